The van der Waals surface area contributed by atoms with Crippen LogP contribution in [-0.2, 0) is 16.1 Å². The molecule has 1 heterocycles. The molecule has 29 heavy (non-hydrogen) atoms. The lowest BCUT2D eigenvalue weighted by Crippen LogP contribution is -2.37. The molecule has 1 atom stereocenters. The standard InChI is InChI=1S/C22H27N3O4/c1-15(22(27)23-14-16-6-11-19(28-2)20(13-16)29-3)24-17-7-9-18(10-8-17)25-12-4-5-21(25)26/h6-11,13,15,24H,4-5,12,14H2,1-3H3,(H,23,27). The predicted molar refractivity (Wildman–Crippen MR) is 113 cm³/mol. The monoisotopic (exact) mass is 397 g/mol. The fourth-order valence-electron chi connectivity index (χ4n) is 3.31. The van der Waals surface area contributed by atoms with Gasteiger partial charge in [0.25, 0.3) is 0 Å². The van der Waals surface area contributed by atoms with Crippen LogP contribution in [0.2, 0.25) is 0 Å². The first-order chi connectivity index (χ1) is 14.0. The molecule has 7 heteroatoms. The van der Waals surface area contributed by atoms with Crippen LogP contribution in [0.4, 0.5) is 11.4 Å². The first-order valence-electron chi connectivity index (χ1n) is 9.67. The highest BCUT2D eigenvalue weighted by Gasteiger charge is 2.21. The van der Waals surface area contributed by atoms with Crippen LogP contribution >= 0.6 is 0 Å². The zero-order valence-corrected chi connectivity index (χ0v) is 17.0. The number of hydrogen-bond acceptors (Lipinski definition) is 5. The number of methoxy groups -OCH3 is 2. The predicted octanol–water partition coefficient (Wildman–Crippen LogP) is 2.95. The summed E-state index contributed by atoms with van der Waals surface area (Å²) in [4.78, 5) is 26.1. The van der Waals surface area contributed by atoms with Gasteiger partial charge in [0.1, 0.15) is 6.04 Å². The molecule has 2 aromatic carbocycles. The maximum atomic E-state index is 12.4. The van der Waals surface area contributed by atoms with Gasteiger partial charge in [0, 0.05) is 30.9 Å². The van der Waals surface area contributed by atoms with Crippen molar-refractivity contribution in [3.8, 4) is 11.5 Å². The van der Waals surface area contributed by atoms with E-state index in [0.29, 0.717) is 24.5 Å². The molecule has 2 aromatic rings. The molecule has 1 fully saturated rings. The zero-order valence-electron chi connectivity index (χ0n) is 17.0. The Bertz CT molecular complexity index is 867. The van der Waals surface area contributed by atoms with Crippen molar-refractivity contribution in [3.05, 3.63) is 48.0 Å². The van der Waals surface area contributed by atoms with Crippen molar-refractivity contribution in [1.82, 2.24) is 5.32 Å². The molecule has 0 radical (unpaired) electrons. The van der Waals surface area contributed by atoms with Crippen molar-refractivity contribution in [2.24, 2.45) is 0 Å². The first-order valence-corrected chi connectivity index (χ1v) is 9.67. The highest BCUT2D eigenvalue weighted by Crippen LogP contribution is 2.27. The van der Waals surface area contributed by atoms with Crippen LogP contribution in [-0.4, -0.2) is 38.6 Å². The van der Waals surface area contributed by atoms with E-state index in [1.807, 2.05) is 49.4 Å². The Morgan fingerprint density at radius 3 is 2.45 bits per heavy atom. The van der Waals surface area contributed by atoms with Crippen molar-refractivity contribution >= 4 is 23.2 Å². The fraction of sp³-hybridized carbons (Fsp3) is 0.364. The average molecular weight is 397 g/mol. The van der Waals surface area contributed by atoms with Gasteiger partial charge in [-0.05, 0) is 55.3 Å². The van der Waals surface area contributed by atoms with Crippen LogP contribution in [0.3, 0.4) is 0 Å². The van der Waals surface area contributed by atoms with Crippen LogP contribution in [0.15, 0.2) is 42.5 Å². The van der Waals surface area contributed by atoms with Crippen molar-refractivity contribution < 1.29 is 19.1 Å². The van der Waals surface area contributed by atoms with Gasteiger partial charge in [0.2, 0.25) is 11.8 Å². The van der Waals surface area contributed by atoms with Crippen molar-refractivity contribution in [1.29, 1.82) is 0 Å². The minimum absolute atomic E-state index is 0.112. The number of hydrogen-bond donors (Lipinski definition) is 2. The molecular formula is C22H27N3O4. The lowest BCUT2D eigenvalue weighted by atomic mass is 10.2. The van der Waals surface area contributed by atoms with Gasteiger partial charge in [0.05, 0.1) is 14.2 Å². The Morgan fingerprint density at radius 2 is 1.83 bits per heavy atom. The van der Waals surface area contributed by atoms with Gasteiger partial charge < -0.3 is 25.0 Å². The summed E-state index contributed by atoms with van der Waals surface area (Å²) in [5, 5.41) is 6.11. The molecule has 0 aliphatic carbocycles. The number of nitrogens with one attached hydrogen (secondary N) is 2. The summed E-state index contributed by atoms with van der Waals surface area (Å²) in [5.74, 6) is 1.32. The normalized spacial score (nSPS) is 14.4. The van der Waals surface area contributed by atoms with E-state index in [-0.39, 0.29) is 11.8 Å². The molecule has 154 valence electrons. The van der Waals surface area contributed by atoms with Gasteiger partial charge in [0.15, 0.2) is 11.5 Å². The fourth-order valence-corrected chi connectivity index (χ4v) is 3.31. The molecule has 0 bridgehead atoms. The first kappa shape index (κ1) is 20.5. The van der Waals surface area contributed by atoms with E-state index in [1.54, 1.807) is 19.1 Å². The second-order valence-corrected chi connectivity index (χ2v) is 6.97. The van der Waals surface area contributed by atoms with Gasteiger partial charge in [-0.25, -0.2) is 0 Å². The summed E-state index contributed by atoms with van der Waals surface area (Å²) >= 11 is 0. The lowest BCUT2D eigenvalue weighted by Gasteiger charge is -2.18. The van der Waals surface area contributed by atoms with Crippen molar-refractivity contribution in [3.63, 3.8) is 0 Å². The van der Waals surface area contributed by atoms with E-state index in [1.165, 1.54) is 0 Å². The largest absolute Gasteiger partial charge is 0.493 e. The number of benzene rings is 2. The van der Waals surface area contributed by atoms with Crippen LogP contribution in [0.1, 0.15) is 25.3 Å². The van der Waals surface area contributed by atoms with E-state index >= 15 is 0 Å². The second-order valence-electron chi connectivity index (χ2n) is 6.97. The minimum Gasteiger partial charge on any atom is -0.493 e. The SMILES string of the molecule is COc1ccc(CNC(=O)C(C)Nc2ccc(N3CCCC3=O)cc2)cc1OC. The summed E-state index contributed by atoms with van der Waals surface area (Å²) in [5.41, 5.74) is 2.64. The van der Waals surface area contributed by atoms with Gasteiger partial charge in [-0.3, -0.25) is 9.59 Å². The van der Waals surface area contributed by atoms with E-state index in [9.17, 15) is 9.59 Å². The molecule has 0 aromatic heterocycles. The molecule has 2 amide bonds. The lowest BCUT2D eigenvalue weighted by molar-refractivity contribution is -0.121. The summed E-state index contributed by atoms with van der Waals surface area (Å²) in [7, 11) is 3.17. The van der Waals surface area contributed by atoms with Crippen molar-refractivity contribution in [2.45, 2.75) is 32.4 Å². The molecular weight excluding hydrogens is 370 g/mol. The molecule has 7 nitrogen and oxygen atoms in total. The third-order valence-electron chi connectivity index (χ3n) is 4.94. The number of carbonyl (C=O) groups is 2. The van der Waals surface area contributed by atoms with Crippen LogP contribution in [0.5, 0.6) is 11.5 Å². The number of carbonyl (C=O) groups excluding carboxylic acids is 2. The molecule has 3 rings (SSSR count). The van der Waals surface area contributed by atoms with E-state index in [2.05, 4.69) is 10.6 Å². The Labute approximate surface area is 171 Å². The van der Waals surface area contributed by atoms with E-state index < -0.39 is 6.04 Å². The molecule has 1 aliphatic rings. The van der Waals surface area contributed by atoms with Crippen LogP contribution in [0.25, 0.3) is 0 Å². The van der Waals surface area contributed by atoms with Gasteiger partial charge >= 0.3 is 0 Å². The number of rotatable bonds is 8. The summed E-state index contributed by atoms with van der Waals surface area (Å²) in [6, 6.07) is 12.7. The molecule has 0 spiro atoms. The summed E-state index contributed by atoms with van der Waals surface area (Å²) in [6.07, 6.45) is 1.51. The quantitative estimate of drug-likeness (QED) is 0.716. The number of ether oxygens (including phenoxy) is 2. The number of nitrogens with zero attached hydrogens (tertiary/aromatic N) is 1. The molecule has 1 unspecified atom stereocenters. The van der Waals surface area contributed by atoms with Gasteiger partial charge in [-0.15, -0.1) is 0 Å². The number of anilines is 2. The highest BCUT2D eigenvalue weighted by molar-refractivity contribution is 5.95. The molecule has 1 saturated heterocycles. The topological polar surface area (TPSA) is 79.9 Å². The molecule has 2 N–H and O–H groups in total. The smallest absolute Gasteiger partial charge is 0.242 e. The van der Waals surface area contributed by atoms with Crippen molar-refractivity contribution in [2.75, 3.05) is 31.0 Å². The third-order valence-corrected chi connectivity index (χ3v) is 4.94. The van der Waals surface area contributed by atoms with E-state index in [4.69, 9.17) is 9.47 Å². The van der Waals surface area contributed by atoms with E-state index in [0.717, 1.165) is 29.9 Å². The summed E-state index contributed by atoms with van der Waals surface area (Å²) in [6.45, 7) is 2.96. The average Bonchev–Trinajstić information content (AvgIpc) is 3.18. The number of amides is 2. The van der Waals surface area contributed by atoms with Gasteiger partial charge in [-0.1, -0.05) is 6.07 Å². The third kappa shape index (κ3) is 4.99. The Kier molecular flexibility index (Phi) is 6.59. The van der Waals surface area contributed by atoms with Gasteiger partial charge in [-0.2, -0.15) is 0 Å². The second kappa shape index (κ2) is 9.32. The maximum absolute atomic E-state index is 12.4. The highest BCUT2D eigenvalue weighted by atomic mass is 16.5. The zero-order chi connectivity index (χ0) is 20.8. The Morgan fingerprint density at radius 1 is 1.10 bits per heavy atom. The summed E-state index contributed by atoms with van der Waals surface area (Å²) < 4.78 is 10.5. The Balaban J connectivity index is 1.53. The van der Waals surface area contributed by atoms with Crippen LogP contribution in [0, 0.1) is 0 Å². The molecule has 1 aliphatic heterocycles. The van der Waals surface area contributed by atoms with Crippen LogP contribution < -0.4 is 25.0 Å². The Hall–Kier alpha value is -3.22. The molecule has 0 saturated carbocycles. The minimum atomic E-state index is -0.408. The maximum Gasteiger partial charge on any atom is 0.242 e.